The molecule has 0 aliphatic rings. The molecule has 0 aliphatic heterocycles. The third-order valence-electron chi connectivity index (χ3n) is 4.00. The molecule has 146 valence electrons. The second kappa shape index (κ2) is 10.4. The Balaban J connectivity index is 2.06. The van der Waals surface area contributed by atoms with Gasteiger partial charge in [0.25, 0.3) is 0 Å². The van der Waals surface area contributed by atoms with Crippen molar-refractivity contribution in [3.05, 3.63) is 53.6 Å². The highest BCUT2D eigenvalue weighted by Crippen LogP contribution is 2.30. The van der Waals surface area contributed by atoms with E-state index in [1.165, 1.54) is 11.1 Å². The van der Waals surface area contributed by atoms with Gasteiger partial charge in [-0.1, -0.05) is 24.3 Å². The first-order valence-corrected chi connectivity index (χ1v) is 9.07. The summed E-state index contributed by atoms with van der Waals surface area (Å²) in [5, 5.41) is 6.68. The lowest BCUT2D eigenvalue weighted by Gasteiger charge is -2.17. The van der Waals surface area contributed by atoms with Crippen LogP contribution in [0.1, 0.15) is 18.1 Å². The van der Waals surface area contributed by atoms with E-state index < -0.39 is 0 Å². The number of hydrogen-bond donors (Lipinski definition) is 2. The molecule has 0 radical (unpaired) electrons. The maximum absolute atomic E-state index is 5.64. The molecule has 0 atom stereocenters. The van der Waals surface area contributed by atoms with Crippen LogP contribution in [0.2, 0.25) is 0 Å². The molecule has 0 heterocycles. The highest BCUT2D eigenvalue weighted by Gasteiger charge is 2.08. The maximum atomic E-state index is 5.64. The van der Waals surface area contributed by atoms with Crippen molar-refractivity contribution in [2.45, 2.75) is 20.0 Å². The summed E-state index contributed by atoms with van der Waals surface area (Å²) in [4.78, 5) is 6.48. The average molecular weight is 370 g/mol. The van der Waals surface area contributed by atoms with Gasteiger partial charge in [-0.3, -0.25) is 4.99 Å². The number of hydrogen-bond acceptors (Lipinski definition) is 4. The van der Waals surface area contributed by atoms with Crippen molar-refractivity contribution in [1.82, 2.24) is 10.2 Å². The third kappa shape index (κ3) is 6.18. The van der Waals surface area contributed by atoms with Crippen molar-refractivity contribution in [1.29, 1.82) is 0 Å². The molecule has 0 saturated heterocycles. The fourth-order valence-corrected chi connectivity index (χ4v) is 2.74. The molecule has 2 rings (SSSR count). The molecule has 27 heavy (non-hydrogen) atoms. The number of aliphatic imine (C=N–C) groups is 1. The molecule has 2 aromatic rings. The van der Waals surface area contributed by atoms with Gasteiger partial charge in [-0.25, -0.2) is 0 Å². The van der Waals surface area contributed by atoms with E-state index >= 15 is 0 Å². The van der Waals surface area contributed by atoms with Crippen LogP contribution in [0.3, 0.4) is 0 Å². The fourth-order valence-electron chi connectivity index (χ4n) is 2.74. The van der Waals surface area contributed by atoms with Crippen LogP contribution in [-0.2, 0) is 13.1 Å². The first-order valence-electron chi connectivity index (χ1n) is 9.07. The SMILES string of the molecule is CCOc1cc(NC(=NC)NCc2ccccc2CN(C)C)ccc1OC. The van der Waals surface area contributed by atoms with Crippen molar-refractivity contribution < 1.29 is 9.47 Å². The number of rotatable bonds is 8. The van der Waals surface area contributed by atoms with E-state index in [1.807, 2.05) is 25.1 Å². The Bertz CT molecular complexity index is 760. The van der Waals surface area contributed by atoms with Gasteiger partial charge in [-0.2, -0.15) is 0 Å². The quantitative estimate of drug-likeness (QED) is 0.551. The Kier molecular flexibility index (Phi) is 7.95. The lowest BCUT2D eigenvalue weighted by atomic mass is 10.1. The number of guanidine groups is 1. The van der Waals surface area contributed by atoms with Crippen LogP contribution in [0.5, 0.6) is 11.5 Å². The summed E-state index contributed by atoms with van der Waals surface area (Å²) in [6.45, 7) is 4.12. The fraction of sp³-hybridized carbons (Fsp3) is 0.381. The largest absolute Gasteiger partial charge is 0.493 e. The smallest absolute Gasteiger partial charge is 0.195 e. The summed E-state index contributed by atoms with van der Waals surface area (Å²) in [5.41, 5.74) is 3.43. The second-order valence-corrected chi connectivity index (χ2v) is 6.36. The Morgan fingerprint density at radius 2 is 1.81 bits per heavy atom. The van der Waals surface area contributed by atoms with Crippen LogP contribution >= 0.6 is 0 Å². The van der Waals surface area contributed by atoms with Crippen LogP contribution in [0.25, 0.3) is 0 Å². The van der Waals surface area contributed by atoms with Crippen LogP contribution in [0.15, 0.2) is 47.5 Å². The predicted molar refractivity (Wildman–Crippen MR) is 112 cm³/mol. The molecule has 2 N–H and O–H groups in total. The van der Waals surface area contributed by atoms with Crippen molar-refractivity contribution in [2.24, 2.45) is 4.99 Å². The van der Waals surface area contributed by atoms with Gasteiger partial charge in [0.1, 0.15) is 0 Å². The maximum Gasteiger partial charge on any atom is 0.195 e. The lowest BCUT2D eigenvalue weighted by molar-refractivity contribution is 0.311. The molecule has 2 aromatic carbocycles. The molecule has 0 bridgehead atoms. The monoisotopic (exact) mass is 370 g/mol. The summed E-state index contributed by atoms with van der Waals surface area (Å²) >= 11 is 0. The molecular formula is C21H30N4O2. The topological polar surface area (TPSA) is 58.1 Å². The van der Waals surface area contributed by atoms with Crippen LogP contribution in [0, 0.1) is 0 Å². The minimum Gasteiger partial charge on any atom is -0.493 e. The molecule has 0 aliphatic carbocycles. The number of benzene rings is 2. The van der Waals surface area contributed by atoms with E-state index in [4.69, 9.17) is 9.47 Å². The minimum atomic E-state index is 0.579. The number of methoxy groups -OCH3 is 1. The van der Waals surface area contributed by atoms with Gasteiger partial charge in [-0.15, -0.1) is 0 Å². The van der Waals surface area contributed by atoms with Crippen molar-refractivity contribution in [3.63, 3.8) is 0 Å². The van der Waals surface area contributed by atoms with E-state index in [0.29, 0.717) is 30.6 Å². The lowest BCUT2D eigenvalue weighted by Crippen LogP contribution is -2.30. The van der Waals surface area contributed by atoms with Crippen LogP contribution in [-0.4, -0.2) is 45.7 Å². The normalized spacial score (nSPS) is 11.4. The number of nitrogens with one attached hydrogen (secondary N) is 2. The molecule has 6 heteroatoms. The van der Waals surface area contributed by atoms with E-state index in [0.717, 1.165) is 12.2 Å². The molecule has 6 nitrogen and oxygen atoms in total. The van der Waals surface area contributed by atoms with Gasteiger partial charge in [0, 0.05) is 31.9 Å². The van der Waals surface area contributed by atoms with E-state index in [-0.39, 0.29) is 0 Å². The van der Waals surface area contributed by atoms with Gasteiger partial charge in [0.2, 0.25) is 0 Å². The zero-order valence-corrected chi connectivity index (χ0v) is 16.9. The van der Waals surface area contributed by atoms with E-state index in [1.54, 1.807) is 14.2 Å². The van der Waals surface area contributed by atoms with Crippen LogP contribution in [0.4, 0.5) is 5.69 Å². The summed E-state index contributed by atoms with van der Waals surface area (Å²) < 4.78 is 11.0. The van der Waals surface area contributed by atoms with E-state index in [2.05, 4.69) is 58.9 Å². The molecule has 0 saturated carbocycles. The third-order valence-corrected chi connectivity index (χ3v) is 4.00. The second-order valence-electron chi connectivity index (χ2n) is 6.36. The zero-order valence-electron chi connectivity index (χ0n) is 16.9. The van der Waals surface area contributed by atoms with Crippen LogP contribution < -0.4 is 20.1 Å². The highest BCUT2D eigenvalue weighted by molar-refractivity contribution is 5.93. The summed E-state index contributed by atoms with van der Waals surface area (Å²) in [6, 6.07) is 14.2. The molecule has 0 unspecified atom stereocenters. The standard InChI is InChI=1S/C21H30N4O2/c1-6-27-20-13-18(11-12-19(20)26-5)24-21(22-2)23-14-16-9-7-8-10-17(16)15-25(3)4/h7-13H,6,14-15H2,1-5H3,(H2,22,23,24). The van der Waals surface area contributed by atoms with Gasteiger partial charge in [0.05, 0.1) is 13.7 Å². The molecular weight excluding hydrogens is 340 g/mol. The highest BCUT2D eigenvalue weighted by atomic mass is 16.5. The summed E-state index contributed by atoms with van der Waals surface area (Å²) in [6.07, 6.45) is 0. The Labute approximate surface area is 162 Å². The summed E-state index contributed by atoms with van der Waals surface area (Å²) in [5.74, 6) is 2.11. The van der Waals surface area contributed by atoms with Gasteiger partial charge >= 0.3 is 0 Å². The molecule has 0 aromatic heterocycles. The van der Waals surface area contributed by atoms with Gasteiger partial charge in [0.15, 0.2) is 17.5 Å². The van der Waals surface area contributed by atoms with Gasteiger partial charge in [-0.05, 0) is 44.3 Å². The summed E-state index contributed by atoms with van der Waals surface area (Å²) in [7, 11) is 7.54. The van der Waals surface area contributed by atoms with Crippen molar-refractivity contribution >= 4 is 11.6 Å². The Morgan fingerprint density at radius 1 is 1.07 bits per heavy atom. The number of nitrogens with zero attached hydrogens (tertiary/aromatic N) is 2. The zero-order chi connectivity index (χ0) is 19.6. The Hall–Kier alpha value is -2.73. The number of anilines is 1. The molecule has 0 spiro atoms. The number of ether oxygens (including phenoxy) is 2. The van der Waals surface area contributed by atoms with E-state index in [9.17, 15) is 0 Å². The molecule has 0 amide bonds. The first-order chi connectivity index (χ1) is 13.1. The Morgan fingerprint density at radius 3 is 2.44 bits per heavy atom. The minimum absolute atomic E-state index is 0.579. The molecule has 0 fully saturated rings. The van der Waals surface area contributed by atoms with Gasteiger partial charge < -0.3 is 25.0 Å². The average Bonchev–Trinajstić information content (AvgIpc) is 2.66. The predicted octanol–water partition coefficient (Wildman–Crippen LogP) is 3.34. The van der Waals surface area contributed by atoms with Crippen molar-refractivity contribution in [2.75, 3.05) is 40.2 Å². The van der Waals surface area contributed by atoms with Crippen molar-refractivity contribution in [3.8, 4) is 11.5 Å². The first kappa shape index (κ1) is 20.6.